The lowest BCUT2D eigenvalue weighted by molar-refractivity contribution is -0.145. The van der Waals surface area contributed by atoms with Crippen LogP contribution < -0.4 is 0 Å². The van der Waals surface area contributed by atoms with Crippen molar-refractivity contribution >= 4 is 5.97 Å². The maximum Gasteiger partial charge on any atom is 0.306 e. The first-order valence-electron chi connectivity index (χ1n) is 14.2. The average molecular weight is 475 g/mol. The van der Waals surface area contributed by atoms with Crippen molar-refractivity contribution in [3.63, 3.8) is 0 Å². The van der Waals surface area contributed by atoms with Crippen molar-refractivity contribution in [3.05, 3.63) is 28.3 Å². The van der Waals surface area contributed by atoms with Gasteiger partial charge < -0.3 is 9.84 Å². The Hall–Kier alpha value is -1.51. The first-order chi connectivity index (χ1) is 16.2. The van der Waals surface area contributed by atoms with Crippen LogP contribution in [0.15, 0.2) is 6.07 Å². The highest BCUT2D eigenvalue weighted by molar-refractivity contribution is 5.69. The highest BCUT2D eigenvalue weighted by Crippen LogP contribution is 2.36. The maximum absolute atomic E-state index is 12.2. The molecule has 1 aromatic rings. The fraction of sp³-hybridized carbons (Fsp3) is 0.774. The molecule has 0 saturated heterocycles. The van der Waals surface area contributed by atoms with Gasteiger partial charge in [0, 0.05) is 6.42 Å². The van der Waals surface area contributed by atoms with Gasteiger partial charge in [0.15, 0.2) is 0 Å². The summed E-state index contributed by atoms with van der Waals surface area (Å²) in [7, 11) is 0. The standard InChI is InChI=1S/C31H54O3/c1-7-8-9-10-11-12-13-14-15-16-17-18-19-20-21-22-29(32)34-24-27-25(2)23-28(31(4,5)6)30(33)26(27)3/h23,33H,7-22,24H2,1-6H3. The molecule has 0 radical (unpaired) electrons. The number of carbonyl (C=O) groups is 1. The van der Waals surface area contributed by atoms with Crippen LogP contribution in [0.25, 0.3) is 0 Å². The molecule has 0 spiro atoms. The zero-order chi connectivity index (χ0) is 25.4. The molecule has 0 amide bonds. The number of hydrogen-bond donors (Lipinski definition) is 1. The lowest BCUT2D eigenvalue weighted by atomic mass is 9.83. The molecule has 1 aromatic carbocycles. The number of rotatable bonds is 18. The van der Waals surface area contributed by atoms with Crippen LogP contribution >= 0.6 is 0 Å². The molecule has 0 saturated carbocycles. The first kappa shape index (κ1) is 30.5. The van der Waals surface area contributed by atoms with E-state index in [9.17, 15) is 9.90 Å². The highest BCUT2D eigenvalue weighted by Gasteiger charge is 2.22. The van der Waals surface area contributed by atoms with Crippen LogP contribution in [0.1, 0.15) is 153 Å². The Morgan fingerprint density at radius 2 is 1.24 bits per heavy atom. The Kier molecular flexibility index (Phi) is 15.3. The van der Waals surface area contributed by atoms with Gasteiger partial charge in [0.1, 0.15) is 12.4 Å². The summed E-state index contributed by atoms with van der Waals surface area (Å²) in [4.78, 5) is 12.2. The molecule has 0 aliphatic heterocycles. The van der Waals surface area contributed by atoms with Crippen molar-refractivity contribution in [3.8, 4) is 5.75 Å². The predicted molar refractivity (Wildman–Crippen MR) is 146 cm³/mol. The molecular weight excluding hydrogens is 420 g/mol. The number of hydrogen-bond acceptors (Lipinski definition) is 3. The predicted octanol–water partition coefficient (Wildman–Crippen LogP) is 9.61. The van der Waals surface area contributed by atoms with E-state index in [1.54, 1.807) is 0 Å². The largest absolute Gasteiger partial charge is 0.507 e. The summed E-state index contributed by atoms with van der Waals surface area (Å²) in [6.07, 6.45) is 20.3. The number of phenols is 1. The van der Waals surface area contributed by atoms with Gasteiger partial charge in [-0.05, 0) is 47.9 Å². The van der Waals surface area contributed by atoms with Crippen LogP contribution in [0.2, 0.25) is 0 Å². The van der Waals surface area contributed by atoms with Crippen molar-refractivity contribution in [2.75, 3.05) is 0 Å². The fourth-order valence-electron chi connectivity index (χ4n) is 4.67. The Bertz CT molecular complexity index is 700. The topological polar surface area (TPSA) is 46.5 Å². The van der Waals surface area contributed by atoms with Gasteiger partial charge in [-0.2, -0.15) is 0 Å². The SMILES string of the molecule is CCCCCCCCCCCCCCCCCC(=O)OCc1c(C)cc(C(C)(C)C)c(O)c1C. The summed E-state index contributed by atoms with van der Waals surface area (Å²) in [5.41, 5.74) is 3.64. The zero-order valence-corrected chi connectivity index (χ0v) is 23.4. The van der Waals surface area contributed by atoms with Gasteiger partial charge in [0.2, 0.25) is 0 Å². The number of phenolic OH excluding ortho intramolecular Hbond substituents is 1. The minimum atomic E-state index is -0.132. The Morgan fingerprint density at radius 3 is 1.68 bits per heavy atom. The molecule has 1 rings (SSSR count). The van der Waals surface area contributed by atoms with E-state index >= 15 is 0 Å². The second-order valence-corrected chi connectivity index (χ2v) is 11.3. The molecule has 0 unspecified atom stereocenters. The molecule has 0 aliphatic carbocycles. The molecule has 196 valence electrons. The van der Waals surface area contributed by atoms with Gasteiger partial charge in [-0.25, -0.2) is 0 Å². The third kappa shape index (κ3) is 12.3. The Balaban J connectivity index is 2.09. The normalized spacial score (nSPS) is 11.7. The summed E-state index contributed by atoms with van der Waals surface area (Å²) in [5.74, 6) is 0.194. The molecular formula is C31H54O3. The number of benzene rings is 1. The van der Waals surface area contributed by atoms with E-state index in [-0.39, 0.29) is 18.0 Å². The minimum absolute atomic E-state index is 0.123. The molecule has 34 heavy (non-hydrogen) atoms. The van der Waals surface area contributed by atoms with Gasteiger partial charge >= 0.3 is 5.97 Å². The van der Waals surface area contributed by atoms with Crippen molar-refractivity contribution in [1.29, 1.82) is 0 Å². The molecule has 0 aliphatic rings. The second kappa shape index (κ2) is 17.0. The van der Waals surface area contributed by atoms with E-state index in [4.69, 9.17) is 4.74 Å². The van der Waals surface area contributed by atoms with Crippen LogP contribution in [-0.4, -0.2) is 11.1 Å². The summed E-state index contributed by atoms with van der Waals surface area (Å²) in [5, 5.41) is 10.6. The smallest absolute Gasteiger partial charge is 0.306 e. The average Bonchev–Trinajstić information content (AvgIpc) is 2.78. The molecule has 0 fully saturated rings. The van der Waals surface area contributed by atoms with E-state index in [0.717, 1.165) is 35.1 Å². The number of carbonyl (C=O) groups excluding carboxylic acids is 1. The fourth-order valence-corrected chi connectivity index (χ4v) is 4.67. The Morgan fingerprint density at radius 1 is 0.794 bits per heavy atom. The van der Waals surface area contributed by atoms with Gasteiger partial charge in [0.25, 0.3) is 0 Å². The van der Waals surface area contributed by atoms with Gasteiger partial charge in [0.05, 0.1) is 0 Å². The van der Waals surface area contributed by atoms with Gasteiger partial charge in [-0.15, -0.1) is 0 Å². The summed E-state index contributed by atoms with van der Waals surface area (Å²) in [6, 6.07) is 2.03. The second-order valence-electron chi connectivity index (χ2n) is 11.3. The number of ether oxygens (including phenoxy) is 1. The van der Waals surface area contributed by atoms with Gasteiger partial charge in [-0.3, -0.25) is 4.79 Å². The summed E-state index contributed by atoms with van der Waals surface area (Å²) < 4.78 is 5.54. The lowest BCUT2D eigenvalue weighted by Gasteiger charge is -2.24. The minimum Gasteiger partial charge on any atom is -0.507 e. The molecule has 0 heterocycles. The van der Waals surface area contributed by atoms with E-state index < -0.39 is 0 Å². The Labute approximate surface area is 211 Å². The van der Waals surface area contributed by atoms with Crippen LogP contribution in [-0.2, 0) is 21.6 Å². The molecule has 3 heteroatoms. The number of aromatic hydroxyl groups is 1. The highest BCUT2D eigenvalue weighted by atomic mass is 16.5. The lowest BCUT2D eigenvalue weighted by Crippen LogP contribution is -2.14. The van der Waals surface area contributed by atoms with Crippen molar-refractivity contribution in [2.24, 2.45) is 0 Å². The maximum atomic E-state index is 12.2. The summed E-state index contributed by atoms with van der Waals surface area (Å²) in [6.45, 7) is 12.7. The molecule has 0 aromatic heterocycles. The molecule has 0 atom stereocenters. The zero-order valence-electron chi connectivity index (χ0n) is 23.4. The van der Waals surface area contributed by atoms with Crippen LogP contribution in [0, 0.1) is 13.8 Å². The van der Waals surface area contributed by atoms with Crippen LogP contribution in [0.3, 0.4) is 0 Å². The van der Waals surface area contributed by atoms with Crippen LogP contribution in [0.5, 0.6) is 5.75 Å². The van der Waals surface area contributed by atoms with Gasteiger partial charge in [-0.1, -0.05) is 124 Å². The van der Waals surface area contributed by atoms with E-state index in [1.807, 2.05) is 19.9 Å². The number of unbranched alkanes of at least 4 members (excludes halogenated alkanes) is 14. The molecule has 0 bridgehead atoms. The number of esters is 1. The first-order valence-corrected chi connectivity index (χ1v) is 14.2. The van der Waals surface area contributed by atoms with Crippen LogP contribution in [0.4, 0.5) is 0 Å². The number of aryl methyl sites for hydroxylation is 1. The summed E-state index contributed by atoms with van der Waals surface area (Å²) >= 11 is 0. The monoisotopic (exact) mass is 474 g/mol. The van der Waals surface area contributed by atoms with E-state index in [1.165, 1.54) is 83.5 Å². The van der Waals surface area contributed by atoms with Crippen molar-refractivity contribution in [1.82, 2.24) is 0 Å². The third-order valence-electron chi connectivity index (χ3n) is 7.07. The van der Waals surface area contributed by atoms with Crippen molar-refractivity contribution < 1.29 is 14.6 Å². The van der Waals surface area contributed by atoms with E-state index in [0.29, 0.717) is 12.2 Å². The van der Waals surface area contributed by atoms with E-state index in [2.05, 4.69) is 27.7 Å². The van der Waals surface area contributed by atoms with Crippen molar-refractivity contribution in [2.45, 2.75) is 156 Å². The molecule has 3 nitrogen and oxygen atoms in total. The molecule has 1 N–H and O–H groups in total. The quantitative estimate of drug-likeness (QED) is 0.170. The third-order valence-corrected chi connectivity index (χ3v) is 7.07.